The third kappa shape index (κ3) is 3.88. The molecule has 112 valence electrons. The first-order valence-electron chi connectivity index (χ1n) is 6.83. The van der Waals surface area contributed by atoms with Crippen molar-refractivity contribution in [1.82, 2.24) is 10.3 Å². The van der Waals surface area contributed by atoms with Gasteiger partial charge in [0.2, 0.25) is 0 Å². The fourth-order valence-corrected chi connectivity index (χ4v) is 2.49. The molecule has 1 heterocycles. The van der Waals surface area contributed by atoms with Gasteiger partial charge in [0, 0.05) is 11.8 Å². The number of ether oxygens (including phenoxy) is 1. The average Bonchev–Trinajstić information content (AvgIpc) is 2.51. The highest BCUT2D eigenvalue weighted by Gasteiger charge is 2.18. The summed E-state index contributed by atoms with van der Waals surface area (Å²) in [6.07, 6.45) is 4.51. The molecule has 0 fully saturated rings. The number of hydrogen-bond acceptors (Lipinski definition) is 3. The maximum absolute atomic E-state index is 6.15. The van der Waals surface area contributed by atoms with Crippen LogP contribution in [0.4, 0.5) is 0 Å². The van der Waals surface area contributed by atoms with Gasteiger partial charge in [0.25, 0.3) is 0 Å². The Labute approximate surface area is 135 Å². The molecule has 1 unspecified atom stereocenters. The van der Waals surface area contributed by atoms with Gasteiger partial charge in [-0.25, -0.2) is 0 Å². The van der Waals surface area contributed by atoms with Crippen LogP contribution >= 0.6 is 23.2 Å². The third-order valence-electron chi connectivity index (χ3n) is 3.22. The molecule has 0 bridgehead atoms. The van der Waals surface area contributed by atoms with Crippen LogP contribution < -0.4 is 10.1 Å². The molecular formula is C16H18Cl2N2O. The van der Waals surface area contributed by atoms with Crippen molar-refractivity contribution in [3.8, 4) is 5.75 Å². The maximum atomic E-state index is 6.15. The van der Waals surface area contributed by atoms with Gasteiger partial charge in [0.1, 0.15) is 5.75 Å². The van der Waals surface area contributed by atoms with E-state index in [9.17, 15) is 0 Å². The maximum Gasteiger partial charge on any atom is 0.142 e. The Morgan fingerprint density at radius 2 is 2.05 bits per heavy atom. The predicted molar refractivity (Wildman–Crippen MR) is 87.4 cm³/mol. The van der Waals surface area contributed by atoms with Gasteiger partial charge in [-0.1, -0.05) is 36.2 Å². The molecule has 1 aromatic heterocycles. The standard InChI is InChI=1S/C16H18Cl2N2O/c1-3-7-20-16(11-4-5-13(17)14(18)9-11)12-6-8-19-10-15(12)21-2/h4-6,8-10,16,20H,3,7H2,1-2H3. The molecule has 0 amide bonds. The lowest BCUT2D eigenvalue weighted by atomic mass is 9.98. The van der Waals surface area contributed by atoms with E-state index in [1.54, 1.807) is 19.5 Å². The zero-order valence-corrected chi connectivity index (χ0v) is 13.6. The molecule has 0 radical (unpaired) electrons. The molecule has 0 aliphatic rings. The van der Waals surface area contributed by atoms with Crippen LogP contribution in [0, 0.1) is 0 Å². The van der Waals surface area contributed by atoms with Crippen LogP contribution in [0.25, 0.3) is 0 Å². The van der Waals surface area contributed by atoms with E-state index in [0.717, 1.165) is 29.8 Å². The average molecular weight is 325 g/mol. The van der Waals surface area contributed by atoms with Gasteiger partial charge in [-0.05, 0) is 36.7 Å². The summed E-state index contributed by atoms with van der Waals surface area (Å²) < 4.78 is 5.42. The summed E-state index contributed by atoms with van der Waals surface area (Å²) in [5.41, 5.74) is 2.07. The smallest absolute Gasteiger partial charge is 0.142 e. The molecule has 1 atom stereocenters. The summed E-state index contributed by atoms with van der Waals surface area (Å²) in [5, 5.41) is 4.61. The van der Waals surface area contributed by atoms with Crippen molar-refractivity contribution in [2.75, 3.05) is 13.7 Å². The molecule has 0 aliphatic heterocycles. The van der Waals surface area contributed by atoms with Crippen molar-refractivity contribution in [2.24, 2.45) is 0 Å². The molecule has 1 N–H and O–H groups in total. The Bertz CT molecular complexity index is 605. The second kappa shape index (κ2) is 7.64. The van der Waals surface area contributed by atoms with Gasteiger partial charge < -0.3 is 10.1 Å². The van der Waals surface area contributed by atoms with E-state index in [2.05, 4.69) is 17.2 Å². The van der Waals surface area contributed by atoms with E-state index in [-0.39, 0.29) is 6.04 Å². The number of hydrogen-bond donors (Lipinski definition) is 1. The molecule has 3 nitrogen and oxygen atoms in total. The lowest BCUT2D eigenvalue weighted by molar-refractivity contribution is 0.402. The van der Waals surface area contributed by atoms with E-state index >= 15 is 0 Å². The molecule has 1 aromatic carbocycles. The number of nitrogens with one attached hydrogen (secondary N) is 1. The molecular weight excluding hydrogens is 307 g/mol. The Kier molecular flexibility index (Phi) is 5.85. The quantitative estimate of drug-likeness (QED) is 0.850. The minimum Gasteiger partial charge on any atom is -0.495 e. The number of rotatable bonds is 6. The molecule has 0 spiro atoms. The van der Waals surface area contributed by atoms with Gasteiger partial charge >= 0.3 is 0 Å². The van der Waals surface area contributed by atoms with Crippen molar-refractivity contribution in [1.29, 1.82) is 0 Å². The van der Waals surface area contributed by atoms with Crippen LogP contribution in [0.15, 0.2) is 36.7 Å². The second-order valence-electron chi connectivity index (χ2n) is 4.68. The van der Waals surface area contributed by atoms with E-state index in [0.29, 0.717) is 10.0 Å². The van der Waals surface area contributed by atoms with E-state index in [4.69, 9.17) is 27.9 Å². The van der Waals surface area contributed by atoms with Crippen molar-refractivity contribution in [3.63, 3.8) is 0 Å². The fraction of sp³-hybridized carbons (Fsp3) is 0.312. The van der Waals surface area contributed by atoms with Crippen LogP contribution in [0.3, 0.4) is 0 Å². The molecule has 0 aliphatic carbocycles. The predicted octanol–water partition coefficient (Wildman–Crippen LogP) is 4.49. The van der Waals surface area contributed by atoms with Crippen LogP contribution in [-0.2, 0) is 0 Å². The highest BCUT2D eigenvalue weighted by molar-refractivity contribution is 6.42. The lowest BCUT2D eigenvalue weighted by Crippen LogP contribution is -2.23. The monoisotopic (exact) mass is 324 g/mol. The first kappa shape index (κ1) is 16.1. The number of benzene rings is 1. The molecule has 21 heavy (non-hydrogen) atoms. The van der Waals surface area contributed by atoms with Crippen molar-refractivity contribution >= 4 is 23.2 Å². The molecule has 2 rings (SSSR count). The Morgan fingerprint density at radius 3 is 2.71 bits per heavy atom. The second-order valence-corrected chi connectivity index (χ2v) is 5.49. The zero-order valence-electron chi connectivity index (χ0n) is 12.1. The van der Waals surface area contributed by atoms with Crippen molar-refractivity contribution in [2.45, 2.75) is 19.4 Å². The Balaban J connectivity index is 2.44. The zero-order chi connectivity index (χ0) is 15.2. The minimum absolute atomic E-state index is 0.0160. The van der Waals surface area contributed by atoms with Gasteiger partial charge in [0.15, 0.2) is 0 Å². The molecule has 0 saturated carbocycles. The summed E-state index contributed by atoms with van der Waals surface area (Å²) in [6.45, 7) is 3.01. The van der Waals surface area contributed by atoms with Gasteiger partial charge in [-0.3, -0.25) is 4.98 Å². The first-order valence-corrected chi connectivity index (χ1v) is 7.59. The Hall–Kier alpha value is -1.29. The molecule has 2 aromatic rings. The van der Waals surface area contributed by atoms with Crippen molar-refractivity contribution in [3.05, 3.63) is 57.8 Å². The lowest BCUT2D eigenvalue weighted by Gasteiger charge is -2.22. The van der Waals surface area contributed by atoms with Gasteiger partial charge in [0.05, 0.1) is 29.4 Å². The van der Waals surface area contributed by atoms with Crippen LogP contribution in [-0.4, -0.2) is 18.6 Å². The number of methoxy groups -OCH3 is 1. The summed E-state index contributed by atoms with van der Waals surface area (Å²) in [6, 6.07) is 7.61. The first-order chi connectivity index (χ1) is 10.2. The third-order valence-corrected chi connectivity index (χ3v) is 3.96. The van der Waals surface area contributed by atoms with E-state index in [1.165, 1.54) is 0 Å². The topological polar surface area (TPSA) is 34.2 Å². The number of halogens is 2. The SMILES string of the molecule is CCCNC(c1ccc(Cl)c(Cl)c1)c1ccncc1OC. The molecule has 0 saturated heterocycles. The van der Waals surface area contributed by atoms with Gasteiger partial charge in [-0.2, -0.15) is 0 Å². The highest BCUT2D eigenvalue weighted by atomic mass is 35.5. The van der Waals surface area contributed by atoms with Crippen LogP contribution in [0.2, 0.25) is 10.0 Å². The van der Waals surface area contributed by atoms with E-state index in [1.807, 2.05) is 24.3 Å². The number of nitrogens with zero attached hydrogens (tertiary/aromatic N) is 1. The summed E-state index contributed by atoms with van der Waals surface area (Å²) >= 11 is 12.2. The number of pyridine rings is 1. The Morgan fingerprint density at radius 1 is 1.24 bits per heavy atom. The highest BCUT2D eigenvalue weighted by Crippen LogP contribution is 2.32. The summed E-state index contributed by atoms with van der Waals surface area (Å²) in [5.74, 6) is 0.747. The molecule has 5 heteroatoms. The largest absolute Gasteiger partial charge is 0.495 e. The normalized spacial score (nSPS) is 12.2. The van der Waals surface area contributed by atoms with Crippen molar-refractivity contribution < 1.29 is 4.74 Å². The summed E-state index contributed by atoms with van der Waals surface area (Å²) in [7, 11) is 1.65. The van der Waals surface area contributed by atoms with Crippen LogP contribution in [0.1, 0.15) is 30.5 Å². The minimum atomic E-state index is -0.0160. The fourth-order valence-electron chi connectivity index (χ4n) is 2.19. The van der Waals surface area contributed by atoms with Crippen LogP contribution in [0.5, 0.6) is 5.75 Å². The number of aromatic nitrogens is 1. The van der Waals surface area contributed by atoms with Gasteiger partial charge in [-0.15, -0.1) is 0 Å². The summed E-state index contributed by atoms with van der Waals surface area (Å²) in [4.78, 5) is 4.10. The van der Waals surface area contributed by atoms with E-state index < -0.39 is 0 Å².